The number of nitrogens with zero attached hydrogens (tertiary/aromatic N) is 3. The Morgan fingerprint density at radius 2 is 1.47 bits per heavy atom. The van der Waals surface area contributed by atoms with Gasteiger partial charge >= 0.3 is 0 Å². The van der Waals surface area contributed by atoms with Gasteiger partial charge in [-0.15, -0.1) is 10.2 Å². The van der Waals surface area contributed by atoms with Crippen molar-refractivity contribution in [2.24, 2.45) is 0 Å². The van der Waals surface area contributed by atoms with Crippen molar-refractivity contribution in [2.75, 3.05) is 18.0 Å². The normalized spacial score (nSPS) is 16.1. The molecule has 1 aliphatic heterocycles. The van der Waals surface area contributed by atoms with Gasteiger partial charge in [-0.2, -0.15) is 0 Å². The zero-order chi connectivity index (χ0) is 13.4. The summed E-state index contributed by atoms with van der Waals surface area (Å²) < 4.78 is 0. The number of hydrogen-bond acceptors (Lipinski definition) is 3. The summed E-state index contributed by atoms with van der Waals surface area (Å²) in [5.41, 5.74) is 0. The molecule has 0 bridgehead atoms. The maximum Gasteiger partial charge on any atom is 0.159 e. The highest BCUT2D eigenvalue weighted by Gasteiger charge is 2.18. The maximum absolute atomic E-state index is 6.11. The van der Waals surface area contributed by atoms with Crippen molar-refractivity contribution in [1.29, 1.82) is 0 Å². The lowest BCUT2D eigenvalue weighted by Crippen LogP contribution is -2.30. The van der Waals surface area contributed by atoms with Crippen LogP contribution in [0.15, 0.2) is 12.1 Å². The quantitative estimate of drug-likeness (QED) is 0.771. The smallest absolute Gasteiger partial charge is 0.159 e. The van der Waals surface area contributed by atoms with Crippen LogP contribution in [0.1, 0.15) is 19.3 Å². The summed E-state index contributed by atoms with van der Waals surface area (Å²) in [5.74, 6) is 0.845. The van der Waals surface area contributed by atoms with Gasteiger partial charge in [-0.05, 0) is 31.4 Å². The van der Waals surface area contributed by atoms with Gasteiger partial charge in [-0.1, -0.05) is 34.8 Å². The Kier molecular flexibility index (Phi) is 3.70. The molecule has 100 valence electrons. The number of aromatic nitrogens is 2. The third kappa shape index (κ3) is 2.47. The molecule has 0 amide bonds. The molecule has 0 spiro atoms. The lowest BCUT2D eigenvalue weighted by molar-refractivity contribution is 0.573. The summed E-state index contributed by atoms with van der Waals surface area (Å²) in [6.07, 6.45) is 3.61. The van der Waals surface area contributed by atoms with Crippen molar-refractivity contribution < 1.29 is 0 Å². The number of halogens is 3. The third-order valence-electron chi connectivity index (χ3n) is 3.41. The second-order valence-corrected chi connectivity index (χ2v) is 5.85. The second-order valence-electron chi connectivity index (χ2n) is 4.67. The van der Waals surface area contributed by atoms with E-state index < -0.39 is 0 Å². The Morgan fingerprint density at radius 3 is 2.16 bits per heavy atom. The van der Waals surface area contributed by atoms with Gasteiger partial charge in [0.15, 0.2) is 11.0 Å². The first-order valence-corrected chi connectivity index (χ1v) is 7.36. The minimum atomic E-state index is 0.356. The van der Waals surface area contributed by atoms with Crippen LogP contribution < -0.4 is 4.90 Å². The molecule has 0 saturated carbocycles. The molecule has 3 nitrogen and oxygen atoms in total. The first-order chi connectivity index (χ1) is 9.16. The van der Waals surface area contributed by atoms with Crippen molar-refractivity contribution in [3.8, 4) is 0 Å². The van der Waals surface area contributed by atoms with Crippen molar-refractivity contribution in [3.63, 3.8) is 0 Å². The molecular formula is C13H12Cl3N3. The van der Waals surface area contributed by atoms with Gasteiger partial charge in [0.2, 0.25) is 0 Å². The highest BCUT2D eigenvalue weighted by molar-refractivity contribution is 6.43. The Labute approximate surface area is 126 Å². The summed E-state index contributed by atoms with van der Waals surface area (Å²) >= 11 is 18.3. The molecule has 1 aromatic heterocycles. The largest absolute Gasteiger partial charge is 0.355 e. The van der Waals surface area contributed by atoms with Crippen LogP contribution in [-0.4, -0.2) is 23.3 Å². The highest BCUT2D eigenvalue weighted by Crippen LogP contribution is 2.35. The van der Waals surface area contributed by atoms with Gasteiger partial charge < -0.3 is 4.90 Å². The fraction of sp³-hybridized carbons (Fsp3) is 0.385. The first-order valence-electron chi connectivity index (χ1n) is 6.22. The predicted molar refractivity (Wildman–Crippen MR) is 80.6 cm³/mol. The lowest BCUT2D eigenvalue weighted by Gasteiger charge is -2.28. The lowest BCUT2D eigenvalue weighted by atomic mass is 10.1. The minimum absolute atomic E-state index is 0.356. The molecule has 0 N–H and O–H groups in total. The highest BCUT2D eigenvalue weighted by atomic mass is 35.5. The van der Waals surface area contributed by atoms with Crippen LogP contribution in [-0.2, 0) is 0 Å². The van der Waals surface area contributed by atoms with E-state index in [-0.39, 0.29) is 0 Å². The number of anilines is 1. The van der Waals surface area contributed by atoms with Crippen molar-refractivity contribution in [3.05, 3.63) is 27.3 Å². The summed E-state index contributed by atoms with van der Waals surface area (Å²) in [5, 5.41) is 11.3. The Balaban J connectivity index is 2.19. The molecule has 3 rings (SSSR count). The number of benzene rings is 1. The van der Waals surface area contributed by atoms with Crippen LogP contribution in [0, 0.1) is 0 Å². The van der Waals surface area contributed by atoms with E-state index in [9.17, 15) is 0 Å². The average Bonchev–Trinajstić information content (AvgIpc) is 2.42. The van der Waals surface area contributed by atoms with Gasteiger partial charge in [0, 0.05) is 23.9 Å². The molecule has 0 aliphatic carbocycles. The fourth-order valence-electron chi connectivity index (χ4n) is 2.44. The average molecular weight is 317 g/mol. The molecule has 1 saturated heterocycles. The molecule has 1 fully saturated rings. The van der Waals surface area contributed by atoms with Gasteiger partial charge in [-0.25, -0.2) is 0 Å². The molecule has 1 aliphatic rings. The number of piperidine rings is 1. The zero-order valence-electron chi connectivity index (χ0n) is 10.2. The van der Waals surface area contributed by atoms with E-state index in [0.29, 0.717) is 15.2 Å². The molecule has 0 unspecified atom stereocenters. The molecule has 0 radical (unpaired) electrons. The Bertz CT molecular complexity index is 624. The summed E-state index contributed by atoms with van der Waals surface area (Å²) in [7, 11) is 0. The predicted octanol–water partition coefficient (Wildman–Crippen LogP) is 4.58. The number of rotatable bonds is 1. The van der Waals surface area contributed by atoms with Crippen LogP contribution in [0.25, 0.3) is 10.8 Å². The van der Waals surface area contributed by atoms with Crippen molar-refractivity contribution >= 4 is 51.4 Å². The standard InChI is InChI=1S/C13H12Cl3N3/c14-10-6-8-9(7-11(10)15)13(18-17-12(8)16)19-4-2-1-3-5-19/h6-7H,1-5H2. The second kappa shape index (κ2) is 5.31. The summed E-state index contributed by atoms with van der Waals surface area (Å²) in [6, 6.07) is 3.58. The van der Waals surface area contributed by atoms with Crippen LogP contribution in [0.2, 0.25) is 15.2 Å². The monoisotopic (exact) mass is 315 g/mol. The van der Waals surface area contributed by atoms with Crippen molar-refractivity contribution in [1.82, 2.24) is 10.2 Å². The van der Waals surface area contributed by atoms with E-state index in [2.05, 4.69) is 15.1 Å². The number of fused-ring (bicyclic) bond motifs is 1. The molecule has 1 aromatic carbocycles. The third-order valence-corrected chi connectivity index (χ3v) is 4.41. The molecule has 6 heteroatoms. The van der Waals surface area contributed by atoms with Gasteiger partial charge in [0.05, 0.1) is 10.0 Å². The van der Waals surface area contributed by atoms with E-state index in [4.69, 9.17) is 34.8 Å². The fourth-order valence-corrected chi connectivity index (χ4v) is 2.96. The SMILES string of the molecule is Clc1cc2c(Cl)nnc(N3CCCCC3)c2cc1Cl. The Morgan fingerprint density at radius 1 is 0.842 bits per heavy atom. The topological polar surface area (TPSA) is 29.0 Å². The van der Waals surface area contributed by atoms with Crippen LogP contribution >= 0.6 is 34.8 Å². The zero-order valence-corrected chi connectivity index (χ0v) is 12.4. The van der Waals surface area contributed by atoms with Gasteiger partial charge in [-0.3, -0.25) is 0 Å². The van der Waals surface area contributed by atoms with Crippen molar-refractivity contribution in [2.45, 2.75) is 19.3 Å². The first kappa shape index (κ1) is 13.2. The van der Waals surface area contributed by atoms with E-state index in [1.165, 1.54) is 19.3 Å². The van der Waals surface area contributed by atoms with Gasteiger partial charge in [0.25, 0.3) is 0 Å². The van der Waals surface area contributed by atoms with Crippen LogP contribution in [0.4, 0.5) is 5.82 Å². The van der Waals surface area contributed by atoms with Crippen LogP contribution in [0.5, 0.6) is 0 Å². The maximum atomic E-state index is 6.11. The molecule has 0 atom stereocenters. The summed E-state index contributed by atoms with van der Waals surface area (Å²) in [4.78, 5) is 2.24. The Hall–Kier alpha value is -0.770. The molecule has 19 heavy (non-hydrogen) atoms. The van der Waals surface area contributed by atoms with E-state index in [0.717, 1.165) is 29.7 Å². The molecule has 2 heterocycles. The van der Waals surface area contributed by atoms with E-state index in [1.54, 1.807) is 6.07 Å². The van der Waals surface area contributed by atoms with Crippen LogP contribution in [0.3, 0.4) is 0 Å². The van der Waals surface area contributed by atoms with Gasteiger partial charge in [0.1, 0.15) is 0 Å². The minimum Gasteiger partial charge on any atom is -0.355 e. The molecule has 2 aromatic rings. The number of hydrogen-bond donors (Lipinski definition) is 0. The van der Waals surface area contributed by atoms with E-state index in [1.807, 2.05) is 6.07 Å². The summed E-state index contributed by atoms with van der Waals surface area (Å²) in [6.45, 7) is 1.98. The van der Waals surface area contributed by atoms with E-state index >= 15 is 0 Å². The molecular weight excluding hydrogens is 305 g/mol.